The predicted molar refractivity (Wildman–Crippen MR) is 74.3 cm³/mol. The van der Waals surface area contributed by atoms with Crippen LogP contribution in [0.2, 0.25) is 0 Å². The van der Waals surface area contributed by atoms with E-state index in [-0.39, 0.29) is 6.16 Å². The Kier molecular flexibility index (Phi) is 3.97. The van der Waals surface area contributed by atoms with E-state index in [9.17, 15) is 17.7 Å². The van der Waals surface area contributed by atoms with Gasteiger partial charge in [-0.2, -0.15) is 13.2 Å². The van der Waals surface area contributed by atoms with Crippen LogP contribution in [0.5, 0.6) is 0 Å². The van der Waals surface area contributed by atoms with Gasteiger partial charge in [0.1, 0.15) is 0 Å². The first-order valence-electron chi connectivity index (χ1n) is 6.20. The fourth-order valence-corrected chi connectivity index (χ4v) is 2.84. The van der Waals surface area contributed by atoms with Crippen molar-refractivity contribution in [3.8, 4) is 5.69 Å². The van der Waals surface area contributed by atoms with E-state index < -0.39 is 18.9 Å². The SMILES string of the molecule is Cc1ccc(C(F)(F)F)cc1-n1cc(CP(C)(C)=O)nn1. The normalized spacial score (nSPS) is 12.7. The van der Waals surface area contributed by atoms with Crippen molar-refractivity contribution in [2.45, 2.75) is 19.3 Å². The molecular weight excluding hydrogens is 302 g/mol. The molecule has 0 amide bonds. The van der Waals surface area contributed by atoms with Crippen molar-refractivity contribution in [3.63, 3.8) is 0 Å². The summed E-state index contributed by atoms with van der Waals surface area (Å²) < 4.78 is 51.3. The van der Waals surface area contributed by atoms with Gasteiger partial charge in [0, 0.05) is 6.16 Å². The van der Waals surface area contributed by atoms with Crippen LogP contribution in [0, 0.1) is 6.92 Å². The fourth-order valence-electron chi connectivity index (χ4n) is 1.91. The van der Waals surface area contributed by atoms with Gasteiger partial charge in [-0.25, -0.2) is 4.68 Å². The number of alkyl halides is 3. The molecule has 0 saturated carbocycles. The average Bonchev–Trinajstić information content (AvgIpc) is 2.73. The minimum absolute atomic E-state index is 0.269. The molecule has 0 aliphatic carbocycles. The third-order valence-electron chi connectivity index (χ3n) is 2.87. The summed E-state index contributed by atoms with van der Waals surface area (Å²) in [6, 6.07) is 3.46. The summed E-state index contributed by atoms with van der Waals surface area (Å²) in [5.74, 6) is 0. The first-order chi connectivity index (χ1) is 9.56. The van der Waals surface area contributed by atoms with Gasteiger partial charge in [0.15, 0.2) is 0 Å². The maximum atomic E-state index is 12.8. The summed E-state index contributed by atoms with van der Waals surface area (Å²) in [7, 11) is -2.31. The van der Waals surface area contributed by atoms with Gasteiger partial charge < -0.3 is 4.57 Å². The highest BCUT2D eigenvalue weighted by Crippen LogP contribution is 2.39. The summed E-state index contributed by atoms with van der Waals surface area (Å²) in [5.41, 5.74) is 0.721. The van der Waals surface area contributed by atoms with Crippen molar-refractivity contribution in [1.29, 1.82) is 0 Å². The minimum Gasteiger partial charge on any atom is -0.324 e. The second-order valence-corrected chi connectivity index (χ2v) is 8.85. The highest BCUT2D eigenvalue weighted by atomic mass is 31.2. The molecule has 0 aliphatic rings. The average molecular weight is 317 g/mol. The molecular formula is C13H15F3N3OP. The number of rotatable bonds is 3. The molecule has 4 nitrogen and oxygen atoms in total. The van der Waals surface area contributed by atoms with Crippen LogP contribution in [-0.4, -0.2) is 28.3 Å². The number of aryl methyl sites for hydroxylation is 1. The summed E-state index contributed by atoms with van der Waals surface area (Å²) in [4.78, 5) is 0. The van der Waals surface area contributed by atoms with Crippen LogP contribution in [-0.2, 0) is 16.9 Å². The quantitative estimate of drug-likeness (QED) is 0.811. The molecule has 8 heteroatoms. The molecule has 0 atom stereocenters. The van der Waals surface area contributed by atoms with Crippen molar-refractivity contribution in [3.05, 3.63) is 41.2 Å². The molecule has 21 heavy (non-hydrogen) atoms. The summed E-state index contributed by atoms with van der Waals surface area (Å²) in [5, 5.41) is 7.70. The highest BCUT2D eigenvalue weighted by molar-refractivity contribution is 7.61. The van der Waals surface area contributed by atoms with E-state index in [1.165, 1.54) is 16.9 Å². The Bertz CT molecular complexity index is 703. The van der Waals surface area contributed by atoms with Gasteiger partial charge in [-0.3, -0.25) is 0 Å². The molecule has 2 rings (SSSR count). The molecule has 2 aromatic rings. The van der Waals surface area contributed by atoms with Crippen molar-refractivity contribution in [2.24, 2.45) is 0 Å². The zero-order valence-electron chi connectivity index (χ0n) is 11.8. The van der Waals surface area contributed by atoms with Gasteiger partial charge in [0.05, 0.1) is 30.3 Å². The smallest absolute Gasteiger partial charge is 0.324 e. The number of aromatic nitrogens is 3. The molecule has 0 spiro atoms. The van der Waals surface area contributed by atoms with Crippen LogP contribution in [0.3, 0.4) is 0 Å². The third-order valence-corrected chi connectivity index (χ3v) is 3.95. The number of hydrogen-bond donors (Lipinski definition) is 0. The lowest BCUT2D eigenvalue weighted by Gasteiger charge is -2.10. The van der Waals surface area contributed by atoms with Crippen molar-refractivity contribution in [2.75, 3.05) is 13.3 Å². The van der Waals surface area contributed by atoms with Crippen LogP contribution in [0.1, 0.15) is 16.8 Å². The Labute approximate surface area is 120 Å². The van der Waals surface area contributed by atoms with Crippen molar-refractivity contribution < 1.29 is 17.7 Å². The van der Waals surface area contributed by atoms with Crippen LogP contribution >= 0.6 is 7.14 Å². The van der Waals surface area contributed by atoms with E-state index in [1.54, 1.807) is 20.3 Å². The van der Waals surface area contributed by atoms with Crippen LogP contribution in [0.15, 0.2) is 24.4 Å². The number of benzene rings is 1. The summed E-state index contributed by atoms with van der Waals surface area (Å²) in [6.45, 7) is 4.95. The van der Waals surface area contributed by atoms with E-state index in [1.807, 2.05) is 0 Å². The minimum atomic E-state index is -4.41. The number of halogens is 3. The molecule has 1 aromatic heterocycles. The van der Waals surface area contributed by atoms with Gasteiger partial charge in [-0.1, -0.05) is 11.3 Å². The maximum Gasteiger partial charge on any atom is 0.416 e. The van der Waals surface area contributed by atoms with E-state index >= 15 is 0 Å². The summed E-state index contributed by atoms with van der Waals surface area (Å²) >= 11 is 0. The lowest BCUT2D eigenvalue weighted by Crippen LogP contribution is -2.07. The van der Waals surface area contributed by atoms with Gasteiger partial charge >= 0.3 is 6.18 Å². The van der Waals surface area contributed by atoms with E-state index in [0.717, 1.165) is 12.1 Å². The first kappa shape index (κ1) is 15.8. The number of nitrogens with zero attached hydrogens (tertiary/aromatic N) is 3. The molecule has 0 N–H and O–H groups in total. The van der Waals surface area contributed by atoms with Crippen LogP contribution < -0.4 is 0 Å². The second-order valence-electron chi connectivity index (χ2n) is 5.39. The predicted octanol–water partition coefficient (Wildman–Crippen LogP) is 3.72. The fraction of sp³-hybridized carbons (Fsp3) is 0.385. The monoisotopic (exact) mass is 317 g/mol. The third kappa shape index (κ3) is 3.94. The maximum absolute atomic E-state index is 12.8. The zero-order chi connectivity index (χ0) is 15.8. The lowest BCUT2D eigenvalue weighted by atomic mass is 10.1. The molecule has 0 unspecified atom stereocenters. The van der Waals surface area contributed by atoms with Gasteiger partial charge in [0.2, 0.25) is 0 Å². The topological polar surface area (TPSA) is 47.8 Å². The van der Waals surface area contributed by atoms with Crippen LogP contribution in [0.4, 0.5) is 13.2 Å². The highest BCUT2D eigenvalue weighted by Gasteiger charge is 2.31. The van der Waals surface area contributed by atoms with Crippen molar-refractivity contribution >= 4 is 7.14 Å². The van der Waals surface area contributed by atoms with Gasteiger partial charge in [0.25, 0.3) is 0 Å². The molecule has 0 fully saturated rings. The Morgan fingerprint density at radius 2 is 1.95 bits per heavy atom. The molecule has 0 saturated heterocycles. The largest absolute Gasteiger partial charge is 0.416 e. The zero-order valence-corrected chi connectivity index (χ0v) is 12.7. The molecule has 114 valence electrons. The number of hydrogen-bond acceptors (Lipinski definition) is 3. The van der Waals surface area contributed by atoms with Crippen molar-refractivity contribution in [1.82, 2.24) is 15.0 Å². The standard InChI is InChI=1S/C13H15F3N3OP/c1-9-4-5-10(13(14,15)16)6-12(9)19-7-11(17-18-19)8-21(2,3)20/h4-7H,8H2,1-3H3. The molecule has 0 aliphatic heterocycles. The van der Waals surface area contributed by atoms with Crippen LogP contribution in [0.25, 0.3) is 5.69 Å². The molecule has 1 heterocycles. The Balaban J connectivity index is 2.40. The lowest BCUT2D eigenvalue weighted by molar-refractivity contribution is -0.137. The van der Waals surface area contributed by atoms with Gasteiger partial charge in [-0.15, -0.1) is 5.10 Å². The van der Waals surface area contributed by atoms with Gasteiger partial charge in [-0.05, 0) is 37.9 Å². The molecule has 1 aromatic carbocycles. The first-order valence-corrected chi connectivity index (χ1v) is 8.98. The van der Waals surface area contributed by atoms with E-state index in [2.05, 4.69) is 10.3 Å². The summed E-state index contributed by atoms with van der Waals surface area (Å²) in [6.07, 6.45) is -2.62. The van der Waals surface area contributed by atoms with E-state index in [4.69, 9.17) is 0 Å². The molecule has 0 bridgehead atoms. The Hall–Kier alpha value is -1.62. The Morgan fingerprint density at radius 3 is 2.52 bits per heavy atom. The Morgan fingerprint density at radius 1 is 1.29 bits per heavy atom. The molecule has 0 radical (unpaired) electrons. The second kappa shape index (κ2) is 5.30. The van der Waals surface area contributed by atoms with E-state index in [0.29, 0.717) is 16.9 Å².